The third kappa shape index (κ3) is 5.54. The van der Waals surface area contributed by atoms with Crippen molar-refractivity contribution in [1.82, 2.24) is 10.2 Å². The van der Waals surface area contributed by atoms with Crippen molar-refractivity contribution in [1.29, 1.82) is 0 Å². The second-order valence-corrected chi connectivity index (χ2v) is 8.81. The van der Waals surface area contributed by atoms with Crippen molar-refractivity contribution in [2.45, 2.75) is 18.4 Å². The van der Waals surface area contributed by atoms with Crippen LogP contribution in [0.1, 0.15) is 21.5 Å². The van der Waals surface area contributed by atoms with Gasteiger partial charge in [0.1, 0.15) is 28.1 Å². The predicted molar refractivity (Wildman–Crippen MR) is 133 cm³/mol. The molecule has 0 aliphatic carbocycles. The van der Waals surface area contributed by atoms with Gasteiger partial charge < -0.3 is 26.2 Å². The monoisotopic (exact) mass is 476 g/mol. The fraction of sp³-hybridized carbons (Fsp3) is 0.0833. The summed E-state index contributed by atoms with van der Waals surface area (Å²) in [5, 5.41) is 22.5. The van der Waals surface area contributed by atoms with Gasteiger partial charge >= 0.3 is 0 Å². The normalized spacial score (nSPS) is 11.6. The zero-order chi connectivity index (χ0) is 24.1. The SMILES string of the molecule is Cc1ccc(S(=O)Nc2ccc(Nc3[nH]nc(NCc4ccc(O)cc4)c3C(N)=O)cc2)cc1. The smallest absolute Gasteiger partial charge is 0.256 e. The Labute approximate surface area is 199 Å². The molecule has 10 heteroatoms. The lowest BCUT2D eigenvalue weighted by atomic mass is 10.2. The van der Waals surface area contributed by atoms with Crippen LogP contribution in [-0.2, 0) is 17.5 Å². The minimum Gasteiger partial charge on any atom is -0.508 e. The van der Waals surface area contributed by atoms with E-state index in [-0.39, 0.29) is 11.3 Å². The Bertz CT molecular complexity index is 1300. The number of rotatable bonds is 9. The van der Waals surface area contributed by atoms with Gasteiger partial charge in [0.25, 0.3) is 5.91 Å². The van der Waals surface area contributed by atoms with Crippen LogP contribution in [0.3, 0.4) is 0 Å². The first-order valence-corrected chi connectivity index (χ1v) is 11.6. The number of carbonyl (C=O) groups excluding carboxylic acids is 1. The highest BCUT2D eigenvalue weighted by Crippen LogP contribution is 2.26. The summed E-state index contributed by atoms with van der Waals surface area (Å²) in [4.78, 5) is 12.8. The molecule has 0 radical (unpaired) electrons. The number of nitrogens with one attached hydrogen (secondary N) is 4. The Kier molecular flexibility index (Phi) is 6.79. The quantitative estimate of drug-likeness (QED) is 0.215. The third-order valence-electron chi connectivity index (χ3n) is 5.01. The van der Waals surface area contributed by atoms with Crippen LogP contribution >= 0.6 is 0 Å². The average Bonchev–Trinajstić information content (AvgIpc) is 3.23. The summed E-state index contributed by atoms with van der Waals surface area (Å²) in [5.41, 5.74) is 9.15. The lowest BCUT2D eigenvalue weighted by Gasteiger charge is -2.09. The molecule has 0 bridgehead atoms. The summed E-state index contributed by atoms with van der Waals surface area (Å²) >= 11 is 0. The van der Waals surface area contributed by atoms with Crippen molar-refractivity contribution < 1.29 is 14.1 Å². The van der Waals surface area contributed by atoms with E-state index < -0.39 is 16.9 Å². The number of aryl methyl sites for hydroxylation is 1. The first-order chi connectivity index (χ1) is 16.4. The van der Waals surface area contributed by atoms with Crippen LogP contribution in [0.25, 0.3) is 0 Å². The highest BCUT2D eigenvalue weighted by molar-refractivity contribution is 7.86. The number of aromatic hydroxyl groups is 1. The molecule has 1 atom stereocenters. The fourth-order valence-electron chi connectivity index (χ4n) is 3.19. The van der Waals surface area contributed by atoms with E-state index in [1.54, 1.807) is 48.5 Å². The Balaban J connectivity index is 1.42. The predicted octanol–water partition coefficient (Wildman–Crippen LogP) is 4.01. The number of carbonyl (C=O) groups is 1. The van der Waals surface area contributed by atoms with Gasteiger partial charge in [-0.15, -0.1) is 0 Å². The number of aromatic nitrogens is 2. The molecule has 1 aromatic heterocycles. The van der Waals surface area contributed by atoms with Crippen molar-refractivity contribution in [2.24, 2.45) is 5.73 Å². The summed E-state index contributed by atoms with van der Waals surface area (Å²) in [6, 6.07) is 21.3. The molecule has 0 saturated carbocycles. The van der Waals surface area contributed by atoms with Gasteiger partial charge in [0.15, 0.2) is 5.82 Å². The summed E-state index contributed by atoms with van der Waals surface area (Å²) in [7, 11) is -1.38. The molecular formula is C24H24N6O3S. The Hall–Kier alpha value is -4.31. The Morgan fingerprint density at radius 1 is 1.00 bits per heavy atom. The molecule has 3 aromatic carbocycles. The zero-order valence-corrected chi connectivity index (χ0v) is 19.1. The van der Waals surface area contributed by atoms with Crippen LogP contribution in [0.4, 0.5) is 23.0 Å². The number of nitrogens with two attached hydrogens (primary N) is 1. The van der Waals surface area contributed by atoms with Gasteiger partial charge in [0.05, 0.1) is 4.90 Å². The molecule has 4 rings (SSSR count). The molecule has 174 valence electrons. The van der Waals surface area contributed by atoms with Crippen LogP contribution in [0.15, 0.2) is 77.7 Å². The number of hydrogen-bond acceptors (Lipinski definition) is 6. The highest BCUT2D eigenvalue weighted by Gasteiger charge is 2.18. The first kappa shape index (κ1) is 22.9. The van der Waals surface area contributed by atoms with Crippen molar-refractivity contribution >= 4 is 39.9 Å². The number of benzene rings is 3. The maximum atomic E-state index is 12.5. The van der Waals surface area contributed by atoms with Crippen LogP contribution < -0.4 is 21.1 Å². The lowest BCUT2D eigenvalue weighted by Crippen LogP contribution is -2.15. The van der Waals surface area contributed by atoms with Crippen LogP contribution in [0.5, 0.6) is 5.75 Å². The standard InChI is InChI=1S/C24H24N6O3S/c1-15-2-12-20(13-3-15)34(33)30-18-8-6-17(7-9-18)27-24-21(22(25)32)23(28-29-24)26-14-16-4-10-19(31)11-5-16/h2-13,30-31H,14H2,1H3,(H2,25,32)(H3,26,27,28,29). The maximum absolute atomic E-state index is 12.5. The molecular weight excluding hydrogens is 452 g/mol. The number of hydrogen-bond donors (Lipinski definition) is 6. The van der Waals surface area contributed by atoms with E-state index in [1.807, 2.05) is 31.2 Å². The fourth-order valence-corrected chi connectivity index (χ4v) is 4.04. The second kappa shape index (κ2) is 10.1. The number of aromatic amines is 1. The number of nitrogens with zero attached hydrogens (tertiary/aromatic N) is 1. The zero-order valence-electron chi connectivity index (χ0n) is 18.3. The van der Waals surface area contributed by atoms with E-state index in [4.69, 9.17) is 5.73 Å². The third-order valence-corrected chi connectivity index (χ3v) is 6.13. The van der Waals surface area contributed by atoms with Crippen molar-refractivity contribution in [3.63, 3.8) is 0 Å². The Morgan fingerprint density at radius 3 is 2.29 bits per heavy atom. The van der Waals surface area contributed by atoms with Gasteiger partial charge in [-0.05, 0) is 61.0 Å². The number of phenolic OH excluding ortho intramolecular Hbond substituents is 1. The van der Waals surface area contributed by atoms with Gasteiger partial charge in [0, 0.05) is 17.9 Å². The Morgan fingerprint density at radius 2 is 1.65 bits per heavy atom. The maximum Gasteiger partial charge on any atom is 0.256 e. The number of anilines is 4. The van der Waals surface area contributed by atoms with Crippen molar-refractivity contribution in [3.8, 4) is 5.75 Å². The average molecular weight is 477 g/mol. The molecule has 0 spiro atoms. The second-order valence-electron chi connectivity index (χ2n) is 7.59. The molecule has 1 heterocycles. The van der Waals surface area contributed by atoms with E-state index in [9.17, 15) is 14.1 Å². The molecule has 0 aliphatic heterocycles. The van der Waals surface area contributed by atoms with Crippen LogP contribution in [0, 0.1) is 6.92 Å². The highest BCUT2D eigenvalue weighted by atomic mass is 32.2. The molecule has 34 heavy (non-hydrogen) atoms. The number of phenols is 1. The van der Waals surface area contributed by atoms with Crippen molar-refractivity contribution in [2.75, 3.05) is 15.4 Å². The minimum atomic E-state index is -1.38. The number of primary amides is 1. The van der Waals surface area contributed by atoms with Crippen LogP contribution in [-0.4, -0.2) is 25.4 Å². The van der Waals surface area contributed by atoms with E-state index >= 15 is 0 Å². The van der Waals surface area contributed by atoms with Gasteiger partial charge in [-0.3, -0.25) is 9.89 Å². The molecule has 0 fully saturated rings. The lowest BCUT2D eigenvalue weighted by molar-refractivity contribution is 0.100. The van der Waals surface area contributed by atoms with Gasteiger partial charge in [0.2, 0.25) is 0 Å². The largest absolute Gasteiger partial charge is 0.508 e. The molecule has 1 unspecified atom stereocenters. The van der Waals surface area contributed by atoms with Gasteiger partial charge in [-0.1, -0.05) is 29.8 Å². The number of amides is 1. The van der Waals surface area contributed by atoms with E-state index in [0.717, 1.165) is 11.1 Å². The minimum absolute atomic E-state index is 0.176. The number of H-pyrrole nitrogens is 1. The summed E-state index contributed by atoms with van der Waals surface area (Å²) in [6.07, 6.45) is 0. The topological polar surface area (TPSA) is 145 Å². The van der Waals surface area contributed by atoms with Gasteiger partial charge in [-0.25, -0.2) is 4.21 Å². The van der Waals surface area contributed by atoms with Crippen LogP contribution in [0.2, 0.25) is 0 Å². The molecule has 4 aromatic rings. The van der Waals surface area contributed by atoms with E-state index in [0.29, 0.717) is 34.5 Å². The molecule has 9 nitrogen and oxygen atoms in total. The van der Waals surface area contributed by atoms with Crippen molar-refractivity contribution in [3.05, 3.63) is 89.5 Å². The summed E-state index contributed by atoms with van der Waals surface area (Å²) in [5.74, 6) is 0.200. The summed E-state index contributed by atoms with van der Waals surface area (Å²) in [6.45, 7) is 2.37. The first-order valence-electron chi connectivity index (χ1n) is 10.4. The summed E-state index contributed by atoms with van der Waals surface area (Å²) < 4.78 is 15.5. The molecule has 0 aliphatic rings. The molecule has 1 amide bonds. The van der Waals surface area contributed by atoms with Gasteiger partial charge in [-0.2, -0.15) is 5.10 Å². The van der Waals surface area contributed by atoms with E-state index in [2.05, 4.69) is 25.6 Å². The molecule has 0 saturated heterocycles. The molecule has 7 N–H and O–H groups in total. The van der Waals surface area contributed by atoms with E-state index in [1.165, 1.54) is 0 Å².